The highest BCUT2D eigenvalue weighted by molar-refractivity contribution is 5.95. The molecule has 0 aliphatic heterocycles. The third kappa shape index (κ3) is 9.85. The molecular weight excluding hydrogens is 520 g/mol. The van der Waals surface area contributed by atoms with Gasteiger partial charge in [0.05, 0.1) is 12.6 Å². The van der Waals surface area contributed by atoms with Crippen LogP contribution in [0.25, 0.3) is 10.9 Å². The highest BCUT2D eigenvalue weighted by atomic mass is 16.4. The monoisotopic (exact) mass is 560 g/mol. The molecule has 4 atom stereocenters. The normalized spacial score (nSPS) is 14.1. The fraction of sp³-hybridized carbons (Fsp3) is 0.500. The second-order valence-electron chi connectivity index (χ2n) is 9.95. The van der Waals surface area contributed by atoms with Crippen LogP contribution in [0.2, 0.25) is 0 Å². The van der Waals surface area contributed by atoms with E-state index < -0.39 is 54.5 Å². The second-order valence-corrected chi connectivity index (χ2v) is 9.95. The molecule has 40 heavy (non-hydrogen) atoms. The fourth-order valence-corrected chi connectivity index (χ4v) is 4.13. The van der Waals surface area contributed by atoms with Crippen LogP contribution in [0.3, 0.4) is 0 Å². The number of aromatic nitrogens is 1. The number of hydrogen-bond acceptors (Lipinski definition) is 7. The van der Waals surface area contributed by atoms with Gasteiger partial charge in [-0.05, 0) is 36.8 Å². The first-order chi connectivity index (χ1) is 18.9. The molecule has 1 heterocycles. The Bertz CT molecular complexity index is 1190. The molecule has 14 nitrogen and oxygen atoms in total. The number of aliphatic hydroxyl groups excluding tert-OH is 1. The molecule has 0 saturated heterocycles. The number of aliphatic carboxylic acids is 1. The van der Waals surface area contributed by atoms with Gasteiger partial charge < -0.3 is 48.3 Å². The van der Waals surface area contributed by atoms with E-state index in [2.05, 4.69) is 25.9 Å². The molecule has 3 amide bonds. The summed E-state index contributed by atoms with van der Waals surface area (Å²) >= 11 is 0. The maximum atomic E-state index is 13.5. The third-order valence-corrected chi connectivity index (χ3v) is 6.17. The first-order valence-corrected chi connectivity index (χ1v) is 13.0. The van der Waals surface area contributed by atoms with E-state index >= 15 is 0 Å². The van der Waals surface area contributed by atoms with Crippen molar-refractivity contribution >= 4 is 40.6 Å². The molecule has 0 saturated carbocycles. The van der Waals surface area contributed by atoms with Crippen LogP contribution in [0.1, 0.15) is 38.7 Å². The highest BCUT2D eigenvalue weighted by Gasteiger charge is 2.30. The summed E-state index contributed by atoms with van der Waals surface area (Å²) in [6.45, 7) is 3.16. The Labute approximate surface area is 232 Å². The minimum atomic E-state index is -1.57. The van der Waals surface area contributed by atoms with Crippen molar-refractivity contribution in [2.45, 2.75) is 63.7 Å². The van der Waals surface area contributed by atoms with Gasteiger partial charge in [-0.1, -0.05) is 32.0 Å². The Morgan fingerprint density at radius 1 is 0.975 bits per heavy atom. The van der Waals surface area contributed by atoms with Gasteiger partial charge in [0, 0.05) is 30.1 Å². The van der Waals surface area contributed by atoms with Gasteiger partial charge in [-0.25, -0.2) is 4.79 Å². The molecule has 1 aromatic heterocycles. The first-order valence-electron chi connectivity index (χ1n) is 13.0. The topological polar surface area (TPSA) is 251 Å². The Kier molecular flexibility index (Phi) is 12.4. The zero-order valence-electron chi connectivity index (χ0n) is 22.7. The number of nitrogens with zero attached hydrogens (tertiary/aromatic N) is 1. The van der Waals surface area contributed by atoms with Crippen LogP contribution in [0.4, 0.5) is 0 Å². The SMILES string of the molecule is CC(C)CC(N)C(=O)NC(Cc1c[nH]c2ccccc12)C(=O)NC(CCCN=C(N)N)C(=O)NC(CO)C(=O)O. The summed E-state index contributed by atoms with van der Waals surface area (Å²) in [4.78, 5) is 57.7. The van der Waals surface area contributed by atoms with Crippen molar-refractivity contribution in [3.05, 3.63) is 36.0 Å². The zero-order valence-corrected chi connectivity index (χ0v) is 22.7. The molecule has 0 spiro atoms. The molecule has 2 aromatic rings. The van der Waals surface area contributed by atoms with E-state index in [0.29, 0.717) is 6.42 Å². The van der Waals surface area contributed by atoms with Crippen molar-refractivity contribution < 1.29 is 29.4 Å². The smallest absolute Gasteiger partial charge is 0.328 e. The highest BCUT2D eigenvalue weighted by Crippen LogP contribution is 2.19. The minimum Gasteiger partial charge on any atom is -0.480 e. The van der Waals surface area contributed by atoms with Crippen LogP contribution in [0.15, 0.2) is 35.5 Å². The van der Waals surface area contributed by atoms with Gasteiger partial charge in [0.1, 0.15) is 18.1 Å². The number of rotatable bonds is 16. The van der Waals surface area contributed by atoms with Crippen molar-refractivity contribution in [2.24, 2.45) is 28.1 Å². The van der Waals surface area contributed by atoms with E-state index in [1.165, 1.54) is 0 Å². The lowest BCUT2D eigenvalue weighted by Gasteiger charge is -2.25. The summed E-state index contributed by atoms with van der Waals surface area (Å²) in [5.41, 5.74) is 18.4. The number of fused-ring (bicyclic) bond motifs is 1. The lowest BCUT2D eigenvalue weighted by Crippen LogP contribution is -2.58. The number of carboxylic acids is 1. The number of H-pyrrole nitrogens is 1. The lowest BCUT2D eigenvalue weighted by molar-refractivity contribution is -0.143. The number of guanidine groups is 1. The Hall–Kier alpha value is -4.17. The number of benzene rings is 1. The summed E-state index contributed by atoms with van der Waals surface area (Å²) in [5.74, 6) is -3.45. The van der Waals surface area contributed by atoms with E-state index in [-0.39, 0.29) is 37.7 Å². The van der Waals surface area contributed by atoms with Crippen molar-refractivity contribution in [1.29, 1.82) is 0 Å². The van der Waals surface area contributed by atoms with Crippen LogP contribution in [-0.2, 0) is 25.6 Å². The molecule has 0 bridgehead atoms. The average molecular weight is 561 g/mol. The van der Waals surface area contributed by atoms with Crippen molar-refractivity contribution in [3.8, 4) is 0 Å². The van der Waals surface area contributed by atoms with Crippen molar-refractivity contribution in [1.82, 2.24) is 20.9 Å². The molecule has 0 aliphatic carbocycles. The second kappa shape index (κ2) is 15.4. The number of hydrogen-bond donors (Lipinski definition) is 9. The van der Waals surface area contributed by atoms with E-state index in [1.807, 2.05) is 38.1 Å². The summed E-state index contributed by atoms with van der Waals surface area (Å²) in [6.07, 6.45) is 2.55. The molecule has 0 fully saturated rings. The number of nitrogens with two attached hydrogens (primary N) is 3. The number of amides is 3. The van der Waals surface area contributed by atoms with E-state index in [0.717, 1.165) is 16.5 Å². The van der Waals surface area contributed by atoms with Gasteiger partial charge in [0.25, 0.3) is 0 Å². The number of nitrogens with one attached hydrogen (secondary N) is 4. The van der Waals surface area contributed by atoms with Crippen LogP contribution < -0.4 is 33.2 Å². The molecule has 1 aromatic carbocycles. The maximum Gasteiger partial charge on any atom is 0.328 e. The fourth-order valence-electron chi connectivity index (χ4n) is 4.13. The molecule has 2 rings (SSSR count). The van der Waals surface area contributed by atoms with Gasteiger partial charge in [0.15, 0.2) is 5.96 Å². The maximum absolute atomic E-state index is 13.5. The lowest BCUT2D eigenvalue weighted by atomic mass is 10.0. The average Bonchev–Trinajstić information content (AvgIpc) is 3.30. The van der Waals surface area contributed by atoms with Crippen molar-refractivity contribution in [3.63, 3.8) is 0 Å². The summed E-state index contributed by atoms with van der Waals surface area (Å²) in [5, 5.41) is 26.9. The third-order valence-electron chi connectivity index (χ3n) is 6.17. The van der Waals surface area contributed by atoms with Gasteiger partial charge in [0.2, 0.25) is 17.7 Å². The number of carboxylic acid groups (broad SMARTS) is 1. The molecule has 220 valence electrons. The van der Waals surface area contributed by atoms with Crippen LogP contribution in [0, 0.1) is 5.92 Å². The zero-order chi connectivity index (χ0) is 29.8. The summed E-state index contributed by atoms with van der Waals surface area (Å²) < 4.78 is 0. The standard InChI is InChI=1S/C26H40N8O6/c1-14(2)10-17(27)22(36)33-20(11-15-12-31-18-7-4-3-6-16(15)18)24(38)32-19(8-5-9-30-26(28)29)23(37)34-21(13-35)25(39)40/h3-4,6-7,12,14,17,19-21,31,35H,5,8-11,13,27H2,1-2H3,(H,32,38)(H,33,36)(H,34,37)(H,39,40)(H4,28,29,30). The molecule has 0 aliphatic rings. The van der Waals surface area contributed by atoms with E-state index in [4.69, 9.17) is 17.2 Å². The number of carbonyl (C=O) groups is 4. The first kappa shape index (κ1) is 32.0. The molecule has 14 heteroatoms. The number of aromatic amines is 1. The molecule has 0 radical (unpaired) electrons. The van der Waals surface area contributed by atoms with Gasteiger partial charge in [-0.3, -0.25) is 19.4 Å². The Morgan fingerprint density at radius 2 is 1.60 bits per heavy atom. The van der Waals surface area contributed by atoms with Crippen molar-refractivity contribution in [2.75, 3.05) is 13.2 Å². The van der Waals surface area contributed by atoms with Gasteiger partial charge in [-0.2, -0.15) is 0 Å². The summed E-state index contributed by atoms with van der Waals surface area (Å²) in [6, 6.07) is 2.74. The summed E-state index contributed by atoms with van der Waals surface area (Å²) in [7, 11) is 0. The van der Waals surface area contributed by atoms with Crippen LogP contribution in [-0.4, -0.2) is 82.2 Å². The predicted octanol–water partition coefficient (Wildman–Crippen LogP) is -1.33. The largest absolute Gasteiger partial charge is 0.480 e. The number of para-hydroxylation sites is 1. The van der Waals surface area contributed by atoms with Crippen LogP contribution in [0.5, 0.6) is 0 Å². The van der Waals surface area contributed by atoms with Gasteiger partial charge >= 0.3 is 5.97 Å². The number of aliphatic hydroxyl groups is 1. The number of carbonyl (C=O) groups excluding carboxylic acids is 3. The minimum absolute atomic E-state index is 0.0483. The Morgan fingerprint density at radius 3 is 2.23 bits per heavy atom. The molecular formula is C26H40N8O6. The quantitative estimate of drug-likeness (QED) is 0.0669. The molecule has 12 N–H and O–H groups in total. The van der Waals surface area contributed by atoms with E-state index in [1.54, 1.807) is 6.20 Å². The predicted molar refractivity (Wildman–Crippen MR) is 150 cm³/mol. The van der Waals surface area contributed by atoms with Gasteiger partial charge in [-0.15, -0.1) is 0 Å². The molecule has 4 unspecified atom stereocenters. The van der Waals surface area contributed by atoms with E-state index in [9.17, 15) is 29.4 Å². The van der Waals surface area contributed by atoms with Crippen LogP contribution >= 0.6 is 0 Å². The number of aliphatic imine (C=N–C) groups is 1. The Balaban J connectivity index is 2.30.